The Balaban J connectivity index is 1.78. The van der Waals surface area contributed by atoms with Gasteiger partial charge in [-0.05, 0) is 26.0 Å². The van der Waals surface area contributed by atoms with Gasteiger partial charge < -0.3 is 15.0 Å². The van der Waals surface area contributed by atoms with Crippen LogP contribution in [0.5, 0.6) is 5.75 Å². The largest absolute Gasteiger partial charge is 0.488 e. The lowest BCUT2D eigenvalue weighted by atomic mass is 10.3. The third-order valence-corrected chi connectivity index (χ3v) is 3.93. The highest BCUT2D eigenvalue weighted by Crippen LogP contribution is 2.15. The number of thiazole rings is 1. The van der Waals surface area contributed by atoms with Crippen LogP contribution in [0.1, 0.15) is 17.6 Å². The van der Waals surface area contributed by atoms with E-state index in [0.717, 1.165) is 10.7 Å². The van der Waals surface area contributed by atoms with Crippen molar-refractivity contribution in [1.82, 2.24) is 15.2 Å². The zero-order chi connectivity index (χ0) is 16.8. The number of urea groups is 1. The molecule has 2 amide bonds. The standard InChI is InChI=1S/C16H20FN3O2S/c1-11(9-22-15-7-5-4-6-14(15)17)18-16(21)20(3)8-13-10-23-12(2)19-13/h4-7,10-11H,8-9H2,1-3H3,(H,18,21)/t11-/m0/s1. The molecule has 1 atom stereocenters. The molecular formula is C16H20FN3O2S. The molecule has 0 aliphatic carbocycles. The van der Waals surface area contributed by atoms with E-state index < -0.39 is 5.82 Å². The third kappa shape index (κ3) is 5.21. The lowest BCUT2D eigenvalue weighted by Gasteiger charge is -2.21. The van der Waals surface area contributed by atoms with E-state index >= 15 is 0 Å². The zero-order valence-corrected chi connectivity index (χ0v) is 14.2. The molecule has 0 spiro atoms. The highest BCUT2D eigenvalue weighted by atomic mass is 32.1. The molecule has 1 N–H and O–H groups in total. The van der Waals surface area contributed by atoms with Gasteiger partial charge in [-0.15, -0.1) is 11.3 Å². The summed E-state index contributed by atoms with van der Waals surface area (Å²) in [4.78, 5) is 18.0. The van der Waals surface area contributed by atoms with Gasteiger partial charge in [0.1, 0.15) is 6.61 Å². The summed E-state index contributed by atoms with van der Waals surface area (Å²) in [6.45, 7) is 4.36. The molecule has 0 aliphatic heterocycles. The number of benzene rings is 1. The van der Waals surface area contributed by atoms with E-state index in [0.29, 0.717) is 6.54 Å². The summed E-state index contributed by atoms with van der Waals surface area (Å²) < 4.78 is 18.8. The van der Waals surface area contributed by atoms with Crippen LogP contribution in [0.3, 0.4) is 0 Å². The molecule has 1 heterocycles. The van der Waals surface area contributed by atoms with Gasteiger partial charge in [0, 0.05) is 12.4 Å². The van der Waals surface area contributed by atoms with Gasteiger partial charge in [-0.2, -0.15) is 0 Å². The highest BCUT2D eigenvalue weighted by molar-refractivity contribution is 7.09. The Bertz CT molecular complexity index is 662. The number of para-hydroxylation sites is 1. The fourth-order valence-electron chi connectivity index (χ4n) is 1.93. The quantitative estimate of drug-likeness (QED) is 0.881. The van der Waals surface area contributed by atoms with E-state index in [1.807, 2.05) is 12.3 Å². The number of nitrogens with zero attached hydrogens (tertiary/aromatic N) is 2. The van der Waals surface area contributed by atoms with Gasteiger partial charge >= 0.3 is 6.03 Å². The smallest absolute Gasteiger partial charge is 0.317 e. The molecule has 5 nitrogen and oxygen atoms in total. The zero-order valence-electron chi connectivity index (χ0n) is 13.4. The minimum atomic E-state index is -0.415. The number of amides is 2. The van der Waals surface area contributed by atoms with Gasteiger partial charge in [0.05, 0.1) is 23.3 Å². The molecule has 0 bridgehead atoms. The predicted molar refractivity (Wildman–Crippen MR) is 88.2 cm³/mol. The van der Waals surface area contributed by atoms with Crippen molar-refractivity contribution < 1.29 is 13.9 Å². The summed E-state index contributed by atoms with van der Waals surface area (Å²) >= 11 is 1.55. The number of rotatable bonds is 6. The molecule has 0 fully saturated rings. The van der Waals surface area contributed by atoms with Crippen LogP contribution in [0, 0.1) is 12.7 Å². The molecule has 7 heteroatoms. The average molecular weight is 337 g/mol. The van der Waals surface area contributed by atoms with Gasteiger partial charge in [0.2, 0.25) is 0 Å². The maximum Gasteiger partial charge on any atom is 0.317 e. The van der Waals surface area contributed by atoms with Crippen LogP contribution in [0.15, 0.2) is 29.6 Å². The van der Waals surface area contributed by atoms with Crippen LogP contribution in [0.2, 0.25) is 0 Å². The Morgan fingerprint density at radius 1 is 1.48 bits per heavy atom. The van der Waals surface area contributed by atoms with Crippen molar-refractivity contribution in [1.29, 1.82) is 0 Å². The minimum absolute atomic E-state index is 0.180. The second kappa shape index (κ2) is 7.92. The number of hydrogen-bond acceptors (Lipinski definition) is 4. The van der Waals surface area contributed by atoms with Gasteiger partial charge in [-0.1, -0.05) is 12.1 Å². The molecule has 0 saturated carbocycles. The van der Waals surface area contributed by atoms with Crippen molar-refractivity contribution in [2.45, 2.75) is 26.4 Å². The second-order valence-electron chi connectivity index (χ2n) is 5.31. The number of carbonyl (C=O) groups is 1. The summed E-state index contributed by atoms with van der Waals surface area (Å²) in [5, 5.41) is 5.72. The molecule has 0 aliphatic rings. The lowest BCUT2D eigenvalue weighted by Crippen LogP contribution is -2.43. The molecular weight excluding hydrogens is 317 g/mol. The summed E-state index contributed by atoms with van der Waals surface area (Å²) in [6.07, 6.45) is 0. The van der Waals surface area contributed by atoms with E-state index in [4.69, 9.17) is 4.74 Å². The first-order valence-corrected chi connectivity index (χ1v) is 8.13. The number of nitrogens with one attached hydrogen (secondary N) is 1. The number of aryl methyl sites for hydroxylation is 1. The van der Waals surface area contributed by atoms with E-state index in [1.54, 1.807) is 48.4 Å². The van der Waals surface area contributed by atoms with Crippen molar-refractivity contribution in [3.05, 3.63) is 46.2 Å². The van der Waals surface area contributed by atoms with Crippen LogP contribution in [0.25, 0.3) is 0 Å². The van der Waals surface area contributed by atoms with Crippen molar-refractivity contribution >= 4 is 17.4 Å². The molecule has 0 saturated heterocycles. The van der Waals surface area contributed by atoms with Gasteiger partial charge in [-0.25, -0.2) is 14.2 Å². The first-order chi connectivity index (χ1) is 11.0. The van der Waals surface area contributed by atoms with E-state index in [1.165, 1.54) is 6.07 Å². The topological polar surface area (TPSA) is 54.5 Å². The number of ether oxygens (including phenoxy) is 1. The van der Waals surface area contributed by atoms with Crippen LogP contribution >= 0.6 is 11.3 Å². The van der Waals surface area contributed by atoms with Crippen molar-refractivity contribution in [2.75, 3.05) is 13.7 Å². The molecule has 23 heavy (non-hydrogen) atoms. The number of carbonyl (C=O) groups excluding carboxylic acids is 1. The van der Waals surface area contributed by atoms with Gasteiger partial charge in [-0.3, -0.25) is 0 Å². The van der Waals surface area contributed by atoms with Gasteiger partial charge in [0.25, 0.3) is 0 Å². The normalized spacial score (nSPS) is 11.8. The molecule has 1 aromatic heterocycles. The second-order valence-corrected chi connectivity index (χ2v) is 6.37. The first-order valence-electron chi connectivity index (χ1n) is 7.25. The van der Waals surface area contributed by atoms with Crippen molar-refractivity contribution in [2.24, 2.45) is 0 Å². The predicted octanol–water partition coefficient (Wildman–Crippen LogP) is 3.20. The fraction of sp³-hybridized carbons (Fsp3) is 0.375. The Kier molecular flexibility index (Phi) is 5.92. The molecule has 2 rings (SSSR count). The van der Waals surface area contributed by atoms with Crippen LogP contribution in [-0.4, -0.2) is 35.6 Å². The average Bonchev–Trinajstić information content (AvgIpc) is 2.91. The Morgan fingerprint density at radius 3 is 2.87 bits per heavy atom. The number of halogens is 1. The fourth-order valence-corrected chi connectivity index (χ4v) is 2.54. The highest BCUT2D eigenvalue weighted by Gasteiger charge is 2.14. The molecule has 1 aromatic carbocycles. The summed E-state index contributed by atoms with van der Waals surface area (Å²) in [5.41, 5.74) is 0.861. The van der Waals surface area contributed by atoms with E-state index in [-0.39, 0.29) is 24.4 Å². The maximum atomic E-state index is 13.4. The van der Waals surface area contributed by atoms with Crippen molar-refractivity contribution in [3.8, 4) is 5.75 Å². The first kappa shape index (κ1) is 17.2. The Labute approximate surface area is 139 Å². The summed E-state index contributed by atoms with van der Waals surface area (Å²) in [7, 11) is 1.70. The van der Waals surface area contributed by atoms with Crippen molar-refractivity contribution in [3.63, 3.8) is 0 Å². The number of aromatic nitrogens is 1. The summed E-state index contributed by atoms with van der Waals surface area (Å²) in [6, 6.07) is 5.72. The molecule has 0 radical (unpaired) electrons. The molecule has 124 valence electrons. The number of hydrogen-bond donors (Lipinski definition) is 1. The maximum absolute atomic E-state index is 13.4. The third-order valence-electron chi connectivity index (χ3n) is 3.11. The van der Waals surface area contributed by atoms with Crippen LogP contribution in [-0.2, 0) is 6.54 Å². The van der Waals surface area contributed by atoms with Crippen LogP contribution in [0.4, 0.5) is 9.18 Å². The SMILES string of the molecule is Cc1nc(CN(C)C(=O)N[C@@H](C)COc2ccccc2F)cs1. The lowest BCUT2D eigenvalue weighted by molar-refractivity contribution is 0.194. The van der Waals surface area contributed by atoms with Crippen LogP contribution < -0.4 is 10.1 Å². The van der Waals surface area contributed by atoms with Gasteiger partial charge in [0.15, 0.2) is 11.6 Å². The van der Waals surface area contributed by atoms with E-state index in [2.05, 4.69) is 10.3 Å². The summed E-state index contributed by atoms with van der Waals surface area (Å²) in [5.74, 6) is -0.234. The minimum Gasteiger partial charge on any atom is -0.488 e. The Morgan fingerprint density at radius 2 is 2.22 bits per heavy atom. The van der Waals surface area contributed by atoms with E-state index in [9.17, 15) is 9.18 Å². The monoisotopic (exact) mass is 337 g/mol. The molecule has 0 unspecified atom stereocenters. The Hall–Kier alpha value is -2.15. The molecule has 2 aromatic rings.